The van der Waals surface area contributed by atoms with Crippen molar-refractivity contribution in [1.29, 1.82) is 0 Å². The fourth-order valence-corrected chi connectivity index (χ4v) is 3.23. The van der Waals surface area contributed by atoms with Gasteiger partial charge in [-0.25, -0.2) is 4.79 Å². The summed E-state index contributed by atoms with van der Waals surface area (Å²) < 4.78 is 5.47. The zero-order valence-electron chi connectivity index (χ0n) is 11.9. The molecule has 2 rings (SSSR count). The third-order valence-electron chi connectivity index (χ3n) is 4.13. The lowest BCUT2D eigenvalue weighted by atomic mass is 9.84. The minimum atomic E-state index is -0.482. The van der Waals surface area contributed by atoms with Gasteiger partial charge in [0.25, 0.3) is 0 Å². The number of fused-ring (bicyclic) bond motifs is 2. The summed E-state index contributed by atoms with van der Waals surface area (Å²) in [7, 11) is 0. The van der Waals surface area contributed by atoms with Crippen molar-refractivity contribution < 1.29 is 14.3 Å². The number of Topliss-reactive ketones (excluding diaryl/α,β-unsaturated/α-hetero) is 1. The molecule has 0 aromatic heterocycles. The maximum atomic E-state index is 12.3. The summed E-state index contributed by atoms with van der Waals surface area (Å²) in [4.78, 5) is 26.1. The average Bonchev–Trinajstić information content (AvgIpc) is 2.63. The lowest BCUT2D eigenvalue weighted by Gasteiger charge is -2.41. The van der Waals surface area contributed by atoms with E-state index in [2.05, 4.69) is 0 Å². The van der Waals surface area contributed by atoms with Crippen molar-refractivity contribution in [3.63, 3.8) is 0 Å². The third kappa shape index (κ3) is 2.13. The van der Waals surface area contributed by atoms with Crippen LogP contribution < -0.4 is 0 Å². The van der Waals surface area contributed by atoms with Crippen LogP contribution in [0.15, 0.2) is 0 Å². The first kappa shape index (κ1) is 13.4. The van der Waals surface area contributed by atoms with Crippen LogP contribution in [0.5, 0.6) is 0 Å². The second-order valence-corrected chi connectivity index (χ2v) is 6.58. The van der Waals surface area contributed by atoms with Crippen LogP contribution in [0.1, 0.15) is 47.5 Å². The predicted molar refractivity (Wildman–Crippen MR) is 68.2 cm³/mol. The van der Waals surface area contributed by atoms with Crippen molar-refractivity contribution in [2.75, 3.05) is 0 Å². The quantitative estimate of drug-likeness (QED) is 0.666. The molecule has 0 spiro atoms. The summed E-state index contributed by atoms with van der Waals surface area (Å²) in [6.07, 6.45) is 1.57. The van der Waals surface area contributed by atoms with Gasteiger partial charge in [0.2, 0.25) is 0 Å². The van der Waals surface area contributed by atoms with Crippen molar-refractivity contribution in [2.45, 2.75) is 65.1 Å². The van der Waals surface area contributed by atoms with Crippen molar-refractivity contribution in [2.24, 2.45) is 11.8 Å². The van der Waals surface area contributed by atoms with Gasteiger partial charge in [0.05, 0.1) is 0 Å². The predicted octanol–water partition coefficient (Wildman–Crippen LogP) is 2.61. The molecule has 0 radical (unpaired) electrons. The molecule has 1 amide bonds. The molecule has 102 valence electrons. The van der Waals surface area contributed by atoms with Gasteiger partial charge in [0.1, 0.15) is 11.4 Å². The van der Waals surface area contributed by atoms with Gasteiger partial charge in [0.15, 0.2) is 0 Å². The molecule has 2 aliphatic heterocycles. The molecule has 2 bridgehead atoms. The molecule has 2 fully saturated rings. The Labute approximate surface area is 109 Å². The Morgan fingerprint density at radius 2 is 1.61 bits per heavy atom. The molecule has 2 aliphatic rings. The molecule has 4 heteroatoms. The van der Waals surface area contributed by atoms with E-state index in [1.54, 1.807) is 0 Å². The van der Waals surface area contributed by atoms with Crippen molar-refractivity contribution in [1.82, 2.24) is 4.90 Å². The van der Waals surface area contributed by atoms with E-state index in [-0.39, 0.29) is 30.0 Å². The second kappa shape index (κ2) is 4.25. The number of carbonyl (C=O) groups is 2. The maximum Gasteiger partial charge on any atom is 0.410 e. The number of ketones is 1. The molecule has 2 heterocycles. The lowest BCUT2D eigenvalue weighted by molar-refractivity contribution is -0.133. The van der Waals surface area contributed by atoms with Crippen molar-refractivity contribution >= 4 is 11.9 Å². The molecule has 0 N–H and O–H groups in total. The molecule has 18 heavy (non-hydrogen) atoms. The highest BCUT2D eigenvalue weighted by molar-refractivity contribution is 5.87. The number of hydrogen-bond acceptors (Lipinski definition) is 3. The molecule has 4 nitrogen and oxygen atoms in total. The number of rotatable bonds is 0. The highest BCUT2D eigenvalue weighted by Crippen LogP contribution is 2.40. The van der Waals surface area contributed by atoms with Crippen molar-refractivity contribution in [3.05, 3.63) is 0 Å². The first-order chi connectivity index (χ1) is 8.22. The molecular weight excluding hydrogens is 230 g/mol. The minimum absolute atomic E-state index is 0.0357. The Balaban J connectivity index is 2.20. The number of carbonyl (C=O) groups excluding carboxylic acids is 2. The monoisotopic (exact) mass is 253 g/mol. The van der Waals surface area contributed by atoms with E-state index >= 15 is 0 Å². The summed E-state index contributed by atoms with van der Waals surface area (Å²) in [6.45, 7) is 9.48. The molecule has 0 aliphatic carbocycles. The average molecular weight is 253 g/mol. The van der Waals surface area contributed by atoms with Crippen LogP contribution in [-0.2, 0) is 9.53 Å². The Hall–Kier alpha value is -1.06. The Kier molecular flexibility index (Phi) is 3.16. The number of hydrogen-bond donors (Lipinski definition) is 0. The van der Waals surface area contributed by atoms with E-state index in [4.69, 9.17) is 4.74 Å². The normalized spacial score (nSPS) is 35.8. The number of ether oxygens (including phenoxy) is 1. The van der Waals surface area contributed by atoms with Crippen molar-refractivity contribution in [3.8, 4) is 0 Å². The Morgan fingerprint density at radius 1 is 1.17 bits per heavy atom. The number of piperidine rings is 1. The highest BCUT2D eigenvalue weighted by Gasteiger charge is 2.51. The SMILES string of the molecule is C[C@@H]1C(=O)[C@@H](C)[C@H]2CC[C@H]1N2C(=O)OC(C)(C)C. The van der Waals surface area contributed by atoms with Gasteiger partial charge in [-0.15, -0.1) is 0 Å². The van der Waals surface area contributed by atoms with Gasteiger partial charge in [-0.2, -0.15) is 0 Å². The summed E-state index contributed by atoms with van der Waals surface area (Å²) in [5, 5.41) is 0. The second-order valence-electron chi connectivity index (χ2n) is 6.58. The largest absolute Gasteiger partial charge is 0.444 e. The standard InChI is InChI=1S/C14H23NO3/c1-8-10-6-7-11(9(2)12(8)16)15(10)13(17)18-14(3,4)5/h8-11H,6-7H2,1-5H3/t8-,9-,10+,11+/m0/s1. The van der Waals surface area contributed by atoms with Gasteiger partial charge in [-0.05, 0) is 33.6 Å². The summed E-state index contributed by atoms with van der Waals surface area (Å²) in [6, 6.07) is 0.0714. The zero-order valence-corrected chi connectivity index (χ0v) is 11.9. The topological polar surface area (TPSA) is 46.6 Å². The van der Waals surface area contributed by atoms with Gasteiger partial charge >= 0.3 is 6.09 Å². The van der Waals surface area contributed by atoms with E-state index in [1.807, 2.05) is 39.5 Å². The fourth-order valence-electron chi connectivity index (χ4n) is 3.23. The molecule has 0 aromatic carbocycles. The molecule has 4 atom stereocenters. The van der Waals surface area contributed by atoms with E-state index in [9.17, 15) is 9.59 Å². The fraction of sp³-hybridized carbons (Fsp3) is 0.857. The Morgan fingerprint density at radius 3 is 2.00 bits per heavy atom. The van der Waals surface area contributed by atoms with Crippen LogP contribution in [0.2, 0.25) is 0 Å². The molecular formula is C14H23NO3. The van der Waals surface area contributed by atoms with Crippen LogP contribution in [-0.4, -0.2) is 34.5 Å². The van der Waals surface area contributed by atoms with Crippen LogP contribution >= 0.6 is 0 Å². The van der Waals surface area contributed by atoms with Crippen LogP contribution in [0.3, 0.4) is 0 Å². The smallest absolute Gasteiger partial charge is 0.410 e. The maximum absolute atomic E-state index is 12.3. The van der Waals surface area contributed by atoms with Gasteiger partial charge < -0.3 is 9.64 Å². The molecule has 0 saturated carbocycles. The van der Waals surface area contributed by atoms with E-state index in [0.717, 1.165) is 12.8 Å². The highest BCUT2D eigenvalue weighted by atomic mass is 16.6. The third-order valence-corrected chi connectivity index (χ3v) is 4.13. The van der Waals surface area contributed by atoms with Crippen LogP contribution in [0.4, 0.5) is 4.79 Å². The number of amides is 1. The number of nitrogens with zero attached hydrogens (tertiary/aromatic N) is 1. The first-order valence-corrected chi connectivity index (χ1v) is 6.77. The minimum Gasteiger partial charge on any atom is -0.444 e. The summed E-state index contributed by atoms with van der Waals surface area (Å²) in [5.74, 6) is 0.167. The van der Waals surface area contributed by atoms with E-state index in [1.165, 1.54) is 0 Å². The van der Waals surface area contributed by atoms with Gasteiger partial charge in [-0.1, -0.05) is 13.8 Å². The van der Waals surface area contributed by atoms with Crippen LogP contribution in [0.25, 0.3) is 0 Å². The summed E-state index contributed by atoms with van der Waals surface area (Å²) in [5.41, 5.74) is -0.482. The molecule has 0 unspecified atom stereocenters. The van der Waals surface area contributed by atoms with Crippen LogP contribution in [0, 0.1) is 11.8 Å². The van der Waals surface area contributed by atoms with E-state index in [0.29, 0.717) is 5.78 Å². The van der Waals surface area contributed by atoms with Gasteiger partial charge in [0, 0.05) is 23.9 Å². The summed E-state index contributed by atoms with van der Waals surface area (Å²) >= 11 is 0. The Bertz CT molecular complexity index is 352. The molecule has 0 aromatic rings. The first-order valence-electron chi connectivity index (χ1n) is 6.77. The zero-order chi connectivity index (χ0) is 13.7. The van der Waals surface area contributed by atoms with Gasteiger partial charge in [-0.3, -0.25) is 4.79 Å². The molecule has 2 saturated heterocycles. The van der Waals surface area contributed by atoms with E-state index < -0.39 is 5.60 Å². The lowest BCUT2D eigenvalue weighted by Crippen LogP contribution is -2.56.